The molecule has 0 saturated carbocycles. The van der Waals surface area contributed by atoms with Crippen LogP contribution in [0.4, 0.5) is 0 Å². The van der Waals surface area contributed by atoms with Crippen molar-refractivity contribution in [2.24, 2.45) is 28.9 Å². The lowest BCUT2D eigenvalue weighted by molar-refractivity contribution is -0.300. The van der Waals surface area contributed by atoms with Crippen LogP contribution in [0.25, 0.3) is 0 Å². The molecule has 264 valence electrons. The van der Waals surface area contributed by atoms with Gasteiger partial charge in [0.2, 0.25) is 0 Å². The maximum atomic E-state index is 14.6. The van der Waals surface area contributed by atoms with Gasteiger partial charge in [0.1, 0.15) is 17.6 Å². The van der Waals surface area contributed by atoms with Gasteiger partial charge in [-0.25, -0.2) is 0 Å². The third-order valence-electron chi connectivity index (χ3n) is 11.6. The smallest absolute Gasteiger partial charge is 0.319 e. The Balaban J connectivity index is 1.79. The molecule has 5 aliphatic rings. The number of hydrogen-bond donors (Lipinski definition) is 2. The highest BCUT2D eigenvalue weighted by Crippen LogP contribution is 2.45. The third kappa shape index (κ3) is 6.91. The summed E-state index contributed by atoms with van der Waals surface area (Å²) in [6, 6.07) is -0.342. The number of rotatable bonds is 5. The molecule has 13 atom stereocenters. The van der Waals surface area contributed by atoms with Crippen molar-refractivity contribution in [1.82, 2.24) is 9.80 Å². The predicted molar refractivity (Wildman–Crippen MR) is 171 cm³/mol. The number of fused-ring (bicyclic) bond motifs is 10. The molecule has 5 heterocycles. The van der Waals surface area contributed by atoms with E-state index in [1.165, 1.54) is 0 Å². The lowest BCUT2D eigenvalue weighted by atomic mass is 9.70. The molecule has 0 aliphatic carbocycles. The van der Waals surface area contributed by atoms with Gasteiger partial charge in [0, 0.05) is 43.6 Å². The van der Waals surface area contributed by atoms with E-state index in [9.17, 15) is 19.5 Å². The third-order valence-corrected chi connectivity index (χ3v) is 11.6. The molecule has 46 heavy (non-hydrogen) atoms. The van der Waals surface area contributed by atoms with E-state index < -0.39 is 53.1 Å². The molecule has 5 rings (SSSR count). The number of ketones is 1. The summed E-state index contributed by atoms with van der Waals surface area (Å²) in [5.74, 6) is -2.28. The van der Waals surface area contributed by atoms with E-state index in [1.807, 2.05) is 46.8 Å². The van der Waals surface area contributed by atoms with E-state index in [4.69, 9.17) is 29.4 Å². The maximum absolute atomic E-state index is 14.6. The van der Waals surface area contributed by atoms with Crippen LogP contribution >= 0.6 is 0 Å². The average Bonchev–Trinajstić information content (AvgIpc) is 3.30. The first-order valence-corrected chi connectivity index (χ1v) is 17.1. The molecule has 0 aromatic rings. The average molecular weight is 654 g/mol. The second kappa shape index (κ2) is 14.1. The summed E-state index contributed by atoms with van der Waals surface area (Å²) in [6.07, 6.45) is -2.20. The highest BCUT2D eigenvalue weighted by atomic mass is 16.7. The minimum Gasteiger partial charge on any atom is -0.457 e. The number of esters is 2. The molecule has 3 unspecified atom stereocenters. The summed E-state index contributed by atoms with van der Waals surface area (Å²) in [5.41, 5.74) is 2.46. The fourth-order valence-electron chi connectivity index (χ4n) is 8.63. The zero-order valence-corrected chi connectivity index (χ0v) is 29.6. The van der Waals surface area contributed by atoms with E-state index in [2.05, 4.69) is 18.7 Å². The number of nitrogens with two attached hydrogens (primary N) is 1. The first-order valence-electron chi connectivity index (χ1n) is 17.1. The normalized spacial score (nSPS) is 46.7. The Bertz CT molecular complexity index is 1120. The molecule has 5 fully saturated rings. The van der Waals surface area contributed by atoms with Crippen molar-refractivity contribution in [3.8, 4) is 0 Å². The van der Waals surface area contributed by atoms with E-state index in [-0.39, 0.29) is 67.8 Å². The number of Topliss-reactive ketones (excluding diaryl/α,β-unsaturated/α-hetero) is 1. The van der Waals surface area contributed by atoms with Crippen molar-refractivity contribution in [1.29, 1.82) is 0 Å². The van der Waals surface area contributed by atoms with Gasteiger partial charge >= 0.3 is 11.9 Å². The molecule has 0 aromatic carbocycles. The lowest BCUT2D eigenvalue weighted by Crippen LogP contribution is -2.61. The molecule has 2 bridgehead atoms. The Hall–Kier alpha value is -1.67. The van der Waals surface area contributed by atoms with Crippen LogP contribution in [0.5, 0.6) is 0 Å². The van der Waals surface area contributed by atoms with Crippen molar-refractivity contribution >= 4 is 17.7 Å². The Morgan fingerprint density at radius 2 is 1.80 bits per heavy atom. The number of nitrogens with zero attached hydrogens (tertiary/aromatic N) is 2. The van der Waals surface area contributed by atoms with Gasteiger partial charge in [0.25, 0.3) is 0 Å². The Kier molecular flexibility index (Phi) is 11.4. The van der Waals surface area contributed by atoms with Crippen LogP contribution in [-0.4, -0.2) is 127 Å². The summed E-state index contributed by atoms with van der Waals surface area (Å²) in [5, 5.41) is 11.4. The first kappa shape index (κ1) is 37.2. The number of ether oxygens (including phenoxy) is 5. The molecule has 12 nitrogen and oxygen atoms in total. The van der Waals surface area contributed by atoms with Crippen molar-refractivity contribution in [3.05, 3.63) is 0 Å². The Labute approximate surface area is 274 Å². The van der Waals surface area contributed by atoms with Gasteiger partial charge < -0.3 is 44.3 Å². The van der Waals surface area contributed by atoms with E-state index >= 15 is 0 Å². The SMILES string of the molecule is CC[C@H]1OC(=O)[C@@]2(C)CCO[C@](C)(C[C@@H](C)CN(C)[C@H](C)[C@H]3CC(=O)O[C@@]31C)[C@H](O[C@@H]1OC(CN)CC(N(C)C)C1O)[C@@H](C)C2=O. The maximum Gasteiger partial charge on any atom is 0.319 e. The minimum atomic E-state index is -1.55. The minimum absolute atomic E-state index is 0.0741. The summed E-state index contributed by atoms with van der Waals surface area (Å²) >= 11 is 0. The second-order valence-corrected chi connectivity index (χ2v) is 15.3. The number of aliphatic hydroxyl groups excluding tert-OH is 1. The topological polar surface area (TPSA) is 150 Å². The van der Waals surface area contributed by atoms with Crippen LogP contribution in [0.15, 0.2) is 0 Å². The van der Waals surface area contributed by atoms with Crippen molar-refractivity contribution in [2.45, 2.75) is 135 Å². The highest BCUT2D eigenvalue weighted by molar-refractivity contribution is 6.04. The van der Waals surface area contributed by atoms with Gasteiger partial charge in [-0.1, -0.05) is 20.8 Å². The molecule has 5 saturated heterocycles. The summed E-state index contributed by atoms with van der Waals surface area (Å²) in [4.78, 5) is 45.6. The number of hydrogen-bond acceptors (Lipinski definition) is 12. The van der Waals surface area contributed by atoms with Crippen LogP contribution in [0.2, 0.25) is 0 Å². The molecule has 0 amide bonds. The fourth-order valence-corrected chi connectivity index (χ4v) is 8.63. The standard InChI is InChI=1S/C34H59N3O9/c1-11-25-34(7)23(15-26(38)46-34)21(4)37(10)18-19(2)16-33(6)29(20(3)28(40)32(5,12-13-42-33)31(41)44-25)45-30-27(39)24(36(8)9)14-22(17-35)43-30/h19-25,27,29-30,39H,11-18,35H2,1-10H3/t19-,20+,21-,22?,23-,24?,25-,27?,29-,30+,32+,33-,34+/m1/s1. The Morgan fingerprint density at radius 3 is 2.41 bits per heavy atom. The Morgan fingerprint density at radius 1 is 1.13 bits per heavy atom. The van der Waals surface area contributed by atoms with Crippen molar-refractivity contribution in [3.63, 3.8) is 0 Å². The van der Waals surface area contributed by atoms with Gasteiger partial charge in [-0.15, -0.1) is 0 Å². The van der Waals surface area contributed by atoms with E-state index in [0.29, 0.717) is 25.8 Å². The molecular weight excluding hydrogens is 594 g/mol. The van der Waals surface area contributed by atoms with Crippen LogP contribution < -0.4 is 5.73 Å². The molecule has 12 heteroatoms. The highest BCUT2D eigenvalue weighted by Gasteiger charge is 2.58. The van der Waals surface area contributed by atoms with Crippen LogP contribution in [0.3, 0.4) is 0 Å². The van der Waals surface area contributed by atoms with Crippen LogP contribution in [0, 0.1) is 23.2 Å². The molecule has 0 spiro atoms. The van der Waals surface area contributed by atoms with Gasteiger partial charge in [-0.2, -0.15) is 0 Å². The number of carbonyl (C=O) groups excluding carboxylic acids is 3. The second-order valence-electron chi connectivity index (χ2n) is 15.3. The van der Waals surface area contributed by atoms with E-state index in [0.717, 1.165) is 0 Å². The number of carbonyl (C=O) groups is 3. The lowest BCUT2D eigenvalue weighted by Gasteiger charge is -2.49. The molecule has 0 aromatic heterocycles. The zero-order chi connectivity index (χ0) is 34.4. The summed E-state index contributed by atoms with van der Waals surface area (Å²) in [6.45, 7) is 14.3. The van der Waals surface area contributed by atoms with Gasteiger partial charge in [-0.05, 0) is 80.4 Å². The largest absolute Gasteiger partial charge is 0.457 e. The molecule has 0 radical (unpaired) electrons. The quantitative estimate of drug-likeness (QED) is 0.331. The monoisotopic (exact) mass is 653 g/mol. The predicted octanol–water partition coefficient (Wildman–Crippen LogP) is 2.13. The van der Waals surface area contributed by atoms with Gasteiger partial charge in [0.05, 0.1) is 24.2 Å². The van der Waals surface area contributed by atoms with Crippen LogP contribution in [0.1, 0.15) is 80.6 Å². The van der Waals surface area contributed by atoms with Crippen molar-refractivity contribution < 1.29 is 43.2 Å². The van der Waals surface area contributed by atoms with Crippen LogP contribution in [-0.2, 0) is 38.1 Å². The molecule has 5 aliphatic heterocycles. The number of aliphatic hydroxyl groups is 1. The first-order chi connectivity index (χ1) is 21.4. The number of likely N-dealkylation sites (N-methyl/N-ethyl adjacent to an activating group) is 1. The zero-order valence-electron chi connectivity index (χ0n) is 29.6. The summed E-state index contributed by atoms with van der Waals surface area (Å²) < 4.78 is 31.7. The van der Waals surface area contributed by atoms with Crippen molar-refractivity contribution in [2.75, 3.05) is 40.8 Å². The van der Waals surface area contributed by atoms with E-state index in [1.54, 1.807) is 13.8 Å². The van der Waals surface area contributed by atoms with Gasteiger partial charge in [-0.3, -0.25) is 14.4 Å². The summed E-state index contributed by atoms with van der Waals surface area (Å²) in [7, 11) is 5.81. The van der Waals surface area contributed by atoms with Gasteiger partial charge in [0.15, 0.2) is 17.7 Å². The molecular formula is C34H59N3O9. The fraction of sp³-hybridized carbons (Fsp3) is 0.912. The molecule has 3 N–H and O–H groups in total.